The first-order valence-electron chi connectivity index (χ1n) is 5.45. The fourth-order valence-electron chi connectivity index (χ4n) is 1.63. The lowest BCUT2D eigenvalue weighted by Gasteiger charge is -2.15. The quantitative estimate of drug-likeness (QED) is 0.845. The van der Waals surface area contributed by atoms with Crippen molar-refractivity contribution in [1.82, 2.24) is 5.32 Å². The molecule has 1 amide bonds. The molecule has 0 radical (unpaired) electrons. The maximum absolute atomic E-state index is 12.7. The van der Waals surface area contributed by atoms with Crippen LogP contribution in [0.1, 0.15) is 18.1 Å². The van der Waals surface area contributed by atoms with Crippen molar-refractivity contribution in [1.29, 1.82) is 0 Å². The van der Waals surface area contributed by atoms with Gasteiger partial charge in [-0.05, 0) is 31.0 Å². The first kappa shape index (κ1) is 16.1. The number of carbonyl (C=O) groups is 1. The van der Waals surface area contributed by atoms with Crippen molar-refractivity contribution in [3.8, 4) is 0 Å². The minimum absolute atomic E-state index is 0.182. The summed E-state index contributed by atoms with van der Waals surface area (Å²) in [7, 11) is 0. The molecule has 0 aliphatic heterocycles. The summed E-state index contributed by atoms with van der Waals surface area (Å²) in [6.07, 6.45) is -4.22. The molecular formula is C12H12Cl2F3NO. The van der Waals surface area contributed by atoms with Gasteiger partial charge in [0.1, 0.15) is 5.88 Å². The molecule has 0 aliphatic rings. The Hall–Kier alpha value is -0.940. The number of carbonyl (C=O) groups excluding carboxylic acids is 1. The molecule has 106 valence electrons. The number of hydrogen-bond donors (Lipinski definition) is 1. The van der Waals surface area contributed by atoms with Gasteiger partial charge in [-0.25, -0.2) is 0 Å². The number of nitrogens with one attached hydrogen (secondary N) is 1. The summed E-state index contributed by atoms with van der Waals surface area (Å²) in [5, 5.41) is 2.23. The van der Waals surface area contributed by atoms with Crippen molar-refractivity contribution in [2.24, 2.45) is 0 Å². The molecule has 0 spiro atoms. The van der Waals surface area contributed by atoms with Gasteiger partial charge in [-0.15, -0.1) is 11.6 Å². The van der Waals surface area contributed by atoms with Gasteiger partial charge < -0.3 is 5.32 Å². The molecule has 0 bridgehead atoms. The Bertz CT molecular complexity index is 463. The first-order chi connectivity index (χ1) is 8.74. The fraction of sp³-hybridized carbons (Fsp3) is 0.417. The highest BCUT2D eigenvalue weighted by Gasteiger charge is 2.33. The van der Waals surface area contributed by atoms with Crippen molar-refractivity contribution < 1.29 is 18.0 Å². The van der Waals surface area contributed by atoms with E-state index in [0.29, 0.717) is 5.56 Å². The molecule has 1 atom stereocenters. The highest BCUT2D eigenvalue weighted by Crippen LogP contribution is 2.35. The second-order valence-corrected chi connectivity index (χ2v) is 4.79. The van der Waals surface area contributed by atoms with Crippen molar-refractivity contribution >= 4 is 29.1 Å². The lowest BCUT2D eigenvalue weighted by Crippen LogP contribution is -2.34. The highest BCUT2D eigenvalue weighted by atomic mass is 35.5. The van der Waals surface area contributed by atoms with Gasteiger partial charge >= 0.3 is 6.18 Å². The molecule has 0 saturated carbocycles. The van der Waals surface area contributed by atoms with Gasteiger partial charge in [0.05, 0.1) is 10.6 Å². The summed E-state index contributed by atoms with van der Waals surface area (Å²) in [6, 6.07) is 3.39. The van der Waals surface area contributed by atoms with Gasteiger partial charge in [-0.3, -0.25) is 4.79 Å². The molecule has 1 aromatic carbocycles. The number of hydrogen-bond acceptors (Lipinski definition) is 1. The van der Waals surface area contributed by atoms with Crippen LogP contribution in [0.5, 0.6) is 0 Å². The molecule has 0 aromatic heterocycles. The monoisotopic (exact) mass is 313 g/mol. The van der Waals surface area contributed by atoms with Crippen molar-refractivity contribution in [2.45, 2.75) is 25.6 Å². The van der Waals surface area contributed by atoms with Crippen molar-refractivity contribution in [2.75, 3.05) is 5.88 Å². The first-order valence-corrected chi connectivity index (χ1v) is 6.36. The molecule has 0 heterocycles. The van der Waals surface area contributed by atoms with E-state index in [4.69, 9.17) is 23.2 Å². The molecule has 1 rings (SSSR count). The van der Waals surface area contributed by atoms with E-state index in [-0.39, 0.29) is 29.3 Å². The van der Waals surface area contributed by atoms with E-state index >= 15 is 0 Å². The Morgan fingerprint density at radius 3 is 2.58 bits per heavy atom. The van der Waals surface area contributed by atoms with E-state index in [9.17, 15) is 18.0 Å². The van der Waals surface area contributed by atoms with Crippen LogP contribution in [0.3, 0.4) is 0 Å². The fourth-order valence-corrected chi connectivity index (χ4v) is 1.94. The van der Waals surface area contributed by atoms with E-state index in [0.717, 1.165) is 6.07 Å². The van der Waals surface area contributed by atoms with Crippen LogP contribution in [0.2, 0.25) is 5.02 Å². The second-order valence-electron chi connectivity index (χ2n) is 4.12. The van der Waals surface area contributed by atoms with Crippen LogP contribution in [0.15, 0.2) is 18.2 Å². The van der Waals surface area contributed by atoms with Gasteiger partial charge in [0.2, 0.25) is 5.91 Å². The molecule has 7 heteroatoms. The van der Waals surface area contributed by atoms with Gasteiger partial charge in [-0.1, -0.05) is 17.7 Å². The van der Waals surface area contributed by atoms with E-state index in [1.165, 1.54) is 12.1 Å². The summed E-state index contributed by atoms with van der Waals surface area (Å²) in [4.78, 5) is 11.0. The summed E-state index contributed by atoms with van der Waals surface area (Å²) >= 11 is 10.8. The number of alkyl halides is 4. The summed E-state index contributed by atoms with van der Waals surface area (Å²) in [5.41, 5.74) is -0.429. The predicted molar refractivity (Wildman–Crippen MR) is 68.5 cm³/mol. The van der Waals surface area contributed by atoms with Crippen LogP contribution in [0.25, 0.3) is 0 Å². The minimum Gasteiger partial charge on any atom is -0.352 e. The Morgan fingerprint density at radius 2 is 2.05 bits per heavy atom. The van der Waals surface area contributed by atoms with Gasteiger partial charge in [-0.2, -0.15) is 13.2 Å². The topological polar surface area (TPSA) is 29.1 Å². The molecule has 0 fully saturated rings. The third-order valence-electron chi connectivity index (χ3n) is 2.41. The van der Waals surface area contributed by atoms with Gasteiger partial charge in [0, 0.05) is 6.04 Å². The molecule has 2 nitrogen and oxygen atoms in total. The Balaban J connectivity index is 2.83. The van der Waals surface area contributed by atoms with Crippen LogP contribution in [0, 0.1) is 0 Å². The standard InChI is InChI=1S/C12H12Cl2F3NO/c1-7(18-11(19)6-13)4-8-2-3-10(14)9(5-8)12(15,16)17/h2-3,5,7H,4,6H2,1H3,(H,18,19). The third-order valence-corrected chi connectivity index (χ3v) is 2.98. The average Bonchev–Trinajstić information content (AvgIpc) is 2.29. The van der Waals surface area contributed by atoms with E-state index in [1.807, 2.05) is 0 Å². The predicted octanol–water partition coefficient (Wildman–Crippen LogP) is 3.64. The minimum atomic E-state index is -4.49. The zero-order valence-electron chi connectivity index (χ0n) is 10.0. The van der Waals surface area contributed by atoms with E-state index < -0.39 is 11.7 Å². The summed E-state index contributed by atoms with van der Waals surface area (Å²) in [5.74, 6) is -0.544. The van der Waals surface area contributed by atoms with Crippen LogP contribution >= 0.6 is 23.2 Å². The highest BCUT2D eigenvalue weighted by molar-refractivity contribution is 6.31. The zero-order chi connectivity index (χ0) is 14.6. The Labute approximate surface area is 118 Å². The summed E-state index contributed by atoms with van der Waals surface area (Å²) < 4.78 is 38.0. The van der Waals surface area contributed by atoms with Crippen LogP contribution in [0.4, 0.5) is 13.2 Å². The van der Waals surface area contributed by atoms with Crippen LogP contribution in [-0.2, 0) is 17.4 Å². The third kappa shape index (κ3) is 4.91. The number of halogens is 5. The van der Waals surface area contributed by atoms with Crippen LogP contribution in [-0.4, -0.2) is 17.8 Å². The second kappa shape index (κ2) is 6.48. The Morgan fingerprint density at radius 1 is 1.42 bits per heavy atom. The average molecular weight is 314 g/mol. The largest absolute Gasteiger partial charge is 0.417 e. The molecule has 0 saturated heterocycles. The smallest absolute Gasteiger partial charge is 0.352 e. The van der Waals surface area contributed by atoms with E-state index in [1.54, 1.807) is 6.92 Å². The normalized spacial score (nSPS) is 13.2. The maximum atomic E-state index is 12.7. The number of rotatable bonds is 4. The molecule has 0 aliphatic carbocycles. The molecule has 19 heavy (non-hydrogen) atoms. The molecule has 1 aromatic rings. The SMILES string of the molecule is CC(Cc1ccc(Cl)c(C(F)(F)F)c1)NC(=O)CCl. The summed E-state index contributed by atoms with van der Waals surface area (Å²) in [6.45, 7) is 1.69. The van der Waals surface area contributed by atoms with E-state index in [2.05, 4.69) is 5.32 Å². The number of benzene rings is 1. The van der Waals surface area contributed by atoms with Gasteiger partial charge in [0.25, 0.3) is 0 Å². The maximum Gasteiger partial charge on any atom is 0.417 e. The lowest BCUT2D eigenvalue weighted by atomic mass is 10.0. The van der Waals surface area contributed by atoms with Crippen LogP contribution < -0.4 is 5.32 Å². The zero-order valence-corrected chi connectivity index (χ0v) is 11.5. The molecular weight excluding hydrogens is 302 g/mol. The lowest BCUT2D eigenvalue weighted by molar-refractivity contribution is -0.137. The van der Waals surface area contributed by atoms with Gasteiger partial charge in [0.15, 0.2) is 0 Å². The number of amides is 1. The molecule has 1 unspecified atom stereocenters. The van der Waals surface area contributed by atoms with Crippen molar-refractivity contribution in [3.05, 3.63) is 34.3 Å². The van der Waals surface area contributed by atoms with Crippen molar-refractivity contribution in [3.63, 3.8) is 0 Å². The Kier molecular flexibility index (Phi) is 5.50. The molecule has 1 N–H and O–H groups in total.